The van der Waals surface area contributed by atoms with Gasteiger partial charge in [0.15, 0.2) is 0 Å². The number of carbonyl (C=O) groups is 1. The van der Waals surface area contributed by atoms with Gasteiger partial charge in [0.2, 0.25) is 11.1 Å². The first-order valence-corrected chi connectivity index (χ1v) is 8.34. The molecule has 0 aliphatic carbocycles. The standard InChI is InChI=1S/C17H16N4O2S/c1-11-5-6-12(2)14(8-11)19-15(22)10-24-17-20-16(23-21-17)13-4-3-7-18-9-13/h3-9H,10H2,1-2H3,(H,19,22). The van der Waals surface area contributed by atoms with Gasteiger partial charge in [-0.05, 0) is 48.3 Å². The Labute approximate surface area is 143 Å². The summed E-state index contributed by atoms with van der Waals surface area (Å²) in [5.41, 5.74) is 3.70. The van der Waals surface area contributed by atoms with Crippen molar-refractivity contribution in [3.8, 4) is 11.5 Å². The van der Waals surface area contributed by atoms with Crippen molar-refractivity contribution in [1.29, 1.82) is 0 Å². The predicted octanol–water partition coefficient (Wildman–Crippen LogP) is 3.48. The van der Waals surface area contributed by atoms with Crippen LogP contribution in [-0.4, -0.2) is 26.8 Å². The van der Waals surface area contributed by atoms with E-state index in [9.17, 15) is 4.79 Å². The molecule has 1 N–H and O–H groups in total. The maximum Gasteiger partial charge on any atom is 0.260 e. The minimum Gasteiger partial charge on any atom is -0.333 e. The summed E-state index contributed by atoms with van der Waals surface area (Å²) < 4.78 is 5.18. The number of aryl methyl sites for hydroxylation is 2. The maximum absolute atomic E-state index is 12.1. The summed E-state index contributed by atoms with van der Waals surface area (Å²) in [6, 6.07) is 9.58. The molecule has 0 saturated heterocycles. The van der Waals surface area contributed by atoms with Gasteiger partial charge in [-0.3, -0.25) is 9.78 Å². The molecule has 0 aliphatic heterocycles. The van der Waals surface area contributed by atoms with Gasteiger partial charge in [0.05, 0.1) is 11.3 Å². The Kier molecular flexibility index (Phi) is 4.90. The summed E-state index contributed by atoms with van der Waals surface area (Å²) in [6.45, 7) is 3.95. The van der Waals surface area contributed by atoms with Gasteiger partial charge in [-0.15, -0.1) is 0 Å². The van der Waals surface area contributed by atoms with Crippen LogP contribution in [0.5, 0.6) is 0 Å². The maximum atomic E-state index is 12.1. The molecule has 24 heavy (non-hydrogen) atoms. The van der Waals surface area contributed by atoms with Crippen LogP contribution >= 0.6 is 11.8 Å². The van der Waals surface area contributed by atoms with E-state index in [1.54, 1.807) is 18.5 Å². The highest BCUT2D eigenvalue weighted by Gasteiger charge is 2.12. The smallest absolute Gasteiger partial charge is 0.260 e. The van der Waals surface area contributed by atoms with E-state index < -0.39 is 0 Å². The molecule has 1 amide bonds. The van der Waals surface area contributed by atoms with Crippen LogP contribution < -0.4 is 5.32 Å². The van der Waals surface area contributed by atoms with Crippen LogP contribution in [-0.2, 0) is 4.79 Å². The number of aromatic nitrogens is 3. The van der Waals surface area contributed by atoms with Gasteiger partial charge in [0.25, 0.3) is 5.89 Å². The molecular weight excluding hydrogens is 324 g/mol. The summed E-state index contributed by atoms with van der Waals surface area (Å²) in [4.78, 5) is 20.4. The Hall–Kier alpha value is -2.67. The number of nitrogens with one attached hydrogen (secondary N) is 1. The molecule has 0 bridgehead atoms. The third kappa shape index (κ3) is 3.99. The fourth-order valence-electron chi connectivity index (χ4n) is 2.06. The second kappa shape index (κ2) is 7.27. The number of rotatable bonds is 5. The lowest BCUT2D eigenvalue weighted by molar-refractivity contribution is -0.113. The zero-order valence-corrected chi connectivity index (χ0v) is 14.1. The number of nitrogens with zero attached hydrogens (tertiary/aromatic N) is 3. The lowest BCUT2D eigenvalue weighted by Crippen LogP contribution is -2.15. The third-order valence-corrected chi connectivity index (χ3v) is 4.15. The van der Waals surface area contributed by atoms with Crippen LogP contribution in [0.15, 0.2) is 52.4 Å². The summed E-state index contributed by atoms with van der Waals surface area (Å²) in [6.07, 6.45) is 3.32. The minimum absolute atomic E-state index is 0.110. The van der Waals surface area contributed by atoms with E-state index in [-0.39, 0.29) is 11.7 Å². The predicted molar refractivity (Wildman–Crippen MR) is 92.8 cm³/mol. The SMILES string of the molecule is Cc1ccc(C)c(NC(=O)CSc2noc(-c3cccnc3)n2)c1. The highest BCUT2D eigenvalue weighted by atomic mass is 32.2. The Morgan fingerprint density at radius 1 is 1.29 bits per heavy atom. The lowest BCUT2D eigenvalue weighted by atomic mass is 10.1. The van der Waals surface area contributed by atoms with Crippen molar-refractivity contribution in [2.45, 2.75) is 19.0 Å². The van der Waals surface area contributed by atoms with Crippen molar-refractivity contribution in [3.63, 3.8) is 0 Å². The molecule has 0 unspecified atom stereocenters. The first-order valence-electron chi connectivity index (χ1n) is 7.36. The highest BCUT2D eigenvalue weighted by molar-refractivity contribution is 7.99. The Bertz CT molecular complexity index is 849. The van der Waals surface area contributed by atoms with E-state index in [1.807, 2.05) is 38.1 Å². The van der Waals surface area contributed by atoms with Crippen molar-refractivity contribution in [2.75, 3.05) is 11.1 Å². The number of pyridine rings is 1. The molecule has 3 rings (SSSR count). The van der Waals surface area contributed by atoms with Crippen LogP contribution in [0.1, 0.15) is 11.1 Å². The highest BCUT2D eigenvalue weighted by Crippen LogP contribution is 2.21. The third-order valence-electron chi connectivity index (χ3n) is 3.32. The molecule has 0 fully saturated rings. The summed E-state index contributed by atoms with van der Waals surface area (Å²) in [5.74, 6) is 0.487. The Morgan fingerprint density at radius 3 is 2.96 bits per heavy atom. The van der Waals surface area contributed by atoms with Crippen LogP contribution in [0.3, 0.4) is 0 Å². The second-order valence-electron chi connectivity index (χ2n) is 5.28. The van der Waals surface area contributed by atoms with Gasteiger partial charge < -0.3 is 9.84 Å². The molecule has 122 valence electrons. The van der Waals surface area contributed by atoms with Crippen molar-refractivity contribution in [1.82, 2.24) is 15.1 Å². The van der Waals surface area contributed by atoms with Crippen molar-refractivity contribution < 1.29 is 9.32 Å². The Morgan fingerprint density at radius 2 is 2.17 bits per heavy atom. The molecule has 7 heteroatoms. The molecule has 1 aromatic carbocycles. The van der Waals surface area contributed by atoms with E-state index in [2.05, 4.69) is 20.4 Å². The molecule has 6 nitrogen and oxygen atoms in total. The average Bonchev–Trinajstić information content (AvgIpc) is 3.06. The molecule has 2 heterocycles. The van der Waals surface area contributed by atoms with Gasteiger partial charge in [0, 0.05) is 18.1 Å². The van der Waals surface area contributed by atoms with Crippen LogP contribution in [0, 0.1) is 13.8 Å². The average molecular weight is 340 g/mol. The fraction of sp³-hybridized carbons (Fsp3) is 0.176. The van der Waals surface area contributed by atoms with Gasteiger partial charge in [-0.25, -0.2) is 0 Å². The van der Waals surface area contributed by atoms with E-state index in [0.717, 1.165) is 22.4 Å². The molecule has 2 aromatic heterocycles. The minimum atomic E-state index is -0.110. The quantitative estimate of drug-likeness (QED) is 0.716. The van der Waals surface area contributed by atoms with Crippen LogP contribution in [0.4, 0.5) is 5.69 Å². The molecule has 0 aliphatic rings. The molecule has 0 spiro atoms. The van der Waals surface area contributed by atoms with E-state index >= 15 is 0 Å². The molecular formula is C17H16N4O2S. The number of hydrogen-bond donors (Lipinski definition) is 1. The largest absolute Gasteiger partial charge is 0.333 e. The van der Waals surface area contributed by atoms with Gasteiger partial charge in [-0.1, -0.05) is 23.9 Å². The molecule has 0 radical (unpaired) electrons. The summed E-state index contributed by atoms with van der Waals surface area (Å²) >= 11 is 1.22. The molecule has 0 saturated carbocycles. The Balaban J connectivity index is 1.59. The summed E-state index contributed by atoms with van der Waals surface area (Å²) in [7, 11) is 0. The first kappa shape index (κ1) is 16.2. The van der Waals surface area contributed by atoms with Crippen LogP contribution in [0.2, 0.25) is 0 Å². The zero-order chi connectivity index (χ0) is 16.9. The van der Waals surface area contributed by atoms with E-state index in [0.29, 0.717) is 11.0 Å². The van der Waals surface area contributed by atoms with Gasteiger partial charge in [-0.2, -0.15) is 4.98 Å². The van der Waals surface area contributed by atoms with Crippen molar-refractivity contribution in [2.24, 2.45) is 0 Å². The number of benzene rings is 1. The normalized spacial score (nSPS) is 10.6. The molecule has 0 atom stereocenters. The van der Waals surface area contributed by atoms with Crippen molar-refractivity contribution >= 4 is 23.4 Å². The number of carbonyl (C=O) groups excluding carboxylic acids is 1. The number of anilines is 1. The van der Waals surface area contributed by atoms with Gasteiger partial charge in [0.1, 0.15) is 0 Å². The van der Waals surface area contributed by atoms with Crippen molar-refractivity contribution in [3.05, 3.63) is 53.9 Å². The number of amides is 1. The monoisotopic (exact) mass is 340 g/mol. The second-order valence-corrected chi connectivity index (χ2v) is 6.22. The lowest BCUT2D eigenvalue weighted by Gasteiger charge is -2.08. The van der Waals surface area contributed by atoms with Gasteiger partial charge >= 0.3 is 0 Å². The molecule has 3 aromatic rings. The van der Waals surface area contributed by atoms with Crippen LogP contribution in [0.25, 0.3) is 11.5 Å². The first-order chi connectivity index (χ1) is 11.6. The zero-order valence-electron chi connectivity index (χ0n) is 13.3. The topological polar surface area (TPSA) is 80.9 Å². The number of hydrogen-bond acceptors (Lipinski definition) is 6. The van der Waals surface area contributed by atoms with E-state index in [1.165, 1.54) is 11.8 Å². The fourth-order valence-corrected chi connectivity index (χ4v) is 2.63. The number of thioether (sulfide) groups is 1. The van der Waals surface area contributed by atoms with E-state index in [4.69, 9.17) is 4.52 Å². The summed E-state index contributed by atoms with van der Waals surface area (Å²) in [5, 5.41) is 7.20.